The first-order valence-corrected chi connectivity index (χ1v) is 13.4. The zero-order valence-electron chi connectivity index (χ0n) is 18.9. The Morgan fingerprint density at radius 1 is 0.649 bits per heavy atom. The SMILES string of the molecule is O=COc1ccnc(-c2cc(OC=O)cc(-c3cc(-c4cc5sc(-c6cccs6)cc5s4)ccn3)n2)c1. The van der Waals surface area contributed by atoms with Gasteiger partial charge < -0.3 is 9.47 Å². The van der Waals surface area contributed by atoms with E-state index >= 15 is 0 Å². The van der Waals surface area contributed by atoms with Crippen LogP contribution in [-0.2, 0) is 9.59 Å². The topological polar surface area (TPSA) is 91.3 Å². The first kappa shape index (κ1) is 23.2. The molecule has 0 saturated carbocycles. The summed E-state index contributed by atoms with van der Waals surface area (Å²) < 4.78 is 12.5. The molecular weight excluding hydrogens is 527 g/mol. The lowest BCUT2D eigenvalue weighted by Gasteiger charge is -2.09. The highest BCUT2D eigenvalue weighted by molar-refractivity contribution is 7.32. The smallest absolute Gasteiger partial charge is 0.298 e. The molecule has 0 aromatic carbocycles. The molecule has 7 nitrogen and oxygen atoms in total. The minimum absolute atomic E-state index is 0.295. The summed E-state index contributed by atoms with van der Waals surface area (Å²) in [5.74, 6) is 0.619. The van der Waals surface area contributed by atoms with Gasteiger partial charge in [-0.1, -0.05) is 6.07 Å². The largest absolute Gasteiger partial charge is 0.429 e. The van der Waals surface area contributed by atoms with E-state index in [9.17, 15) is 9.59 Å². The second kappa shape index (κ2) is 10.0. The summed E-state index contributed by atoms with van der Waals surface area (Å²) in [7, 11) is 0. The fourth-order valence-electron chi connectivity index (χ4n) is 3.81. The van der Waals surface area contributed by atoms with Gasteiger partial charge in [-0.05, 0) is 47.3 Å². The summed E-state index contributed by atoms with van der Waals surface area (Å²) in [6.07, 6.45) is 3.24. The average Bonchev–Trinajstić information content (AvgIpc) is 3.66. The summed E-state index contributed by atoms with van der Waals surface area (Å²) in [4.78, 5) is 39.0. The summed E-state index contributed by atoms with van der Waals surface area (Å²) >= 11 is 5.26. The lowest BCUT2D eigenvalue weighted by atomic mass is 10.1. The number of fused-ring (bicyclic) bond motifs is 1. The van der Waals surface area contributed by atoms with Gasteiger partial charge in [0.1, 0.15) is 11.5 Å². The van der Waals surface area contributed by atoms with Crippen LogP contribution in [0.1, 0.15) is 0 Å². The summed E-state index contributed by atoms with van der Waals surface area (Å²) in [5.41, 5.74) is 3.04. The van der Waals surface area contributed by atoms with Gasteiger partial charge in [-0.3, -0.25) is 19.6 Å². The molecule has 0 bridgehead atoms. The number of aromatic nitrogens is 3. The number of carbonyl (C=O) groups excluding carboxylic acids is 2. The minimum Gasteiger partial charge on any atom is -0.429 e. The molecule has 0 aliphatic rings. The van der Waals surface area contributed by atoms with E-state index < -0.39 is 0 Å². The van der Waals surface area contributed by atoms with E-state index in [2.05, 4.69) is 39.6 Å². The van der Waals surface area contributed by atoms with Crippen LogP contribution < -0.4 is 9.47 Å². The van der Waals surface area contributed by atoms with Gasteiger partial charge in [0, 0.05) is 54.6 Å². The Morgan fingerprint density at radius 3 is 2.03 bits per heavy atom. The second-order valence-electron chi connectivity index (χ2n) is 7.74. The van der Waals surface area contributed by atoms with E-state index in [1.807, 2.05) is 12.1 Å². The molecular formula is C27H15N3O4S3. The quantitative estimate of drug-likeness (QED) is 0.193. The molecule has 6 aromatic heterocycles. The maximum atomic E-state index is 11.1. The maximum absolute atomic E-state index is 11.1. The van der Waals surface area contributed by atoms with Crippen molar-refractivity contribution in [2.75, 3.05) is 0 Å². The molecule has 10 heteroatoms. The van der Waals surface area contributed by atoms with Crippen LogP contribution in [0.25, 0.3) is 52.4 Å². The fraction of sp³-hybridized carbons (Fsp3) is 0. The van der Waals surface area contributed by atoms with Gasteiger partial charge in [0.15, 0.2) is 0 Å². The monoisotopic (exact) mass is 541 g/mol. The molecule has 6 heterocycles. The molecule has 0 fully saturated rings. The molecule has 0 unspecified atom stereocenters. The Balaban J connectivity index is 1.37. The van der Waals surface area contributed by atoms with Gasteiger partial charge in [0.2, 0.25) is 0 Å². The Morgan fingerprint density at radius 2 is 1.30 bits per heavy atom. The van der Waals surface area contributed by atoms with E-state index in [0.29, 0.717) is 47.2 Å². The van der Waals surface area contributed by atoms with Gasteiger partial charge in [0.05, 0.1) is 22.8 Å². The van der Waals surface area contributed by atoms with E-state index in [1.165, 1.54) is 25.4 Å². The highest BCUT2D eigenvalue weighted by Crippen LogP contribution is 2.43. The molecule has 0 saturated heterocycles. The van der Waals surface area contributed by atoms with Gasteiger partial charge in [-0.2, -0.15) is 0 Å². The van der Waals surface area contributed by atoms with Crippen molar-refractivity contribution in [1.29, 1.82) is 0 Å². The van der Waals surface area contributed by atoms with Crippen LogP contribution in [0, 0.1) is 0 Å². The van der Waals surface area contributed by atoms with Crippen LogP contribution in [0.5, 0.6) is 11.5 Å². The van der Waals surface area contributed by atoms with Crippen molar-refractivity contribution in [3.63, 3.8) is 0 Å². The Kier molecular flexibility index (Phi) is 6.27. The van der Waals surface area contributed by atoms with Gasteiger partial charge in [-0.15, -0.1) is 34.0 Å². The molecule has 0 aliphatic heterocycles. The second-order valence-corrected chi connectivity index (χ2v) is 10.9. The first-order chi connectivity index (χ1) is 18.2. The van der Waals surface area contributed by atoms with Crippen LogP contribution >= 0.6 is 34.0 Å². The van der Waals surface area contributed by atoms with E-state index in [4.69, 9.17) is 14.5 Å². The number of nitrogens with zero attached hydrogens (tertiary/aromatic N) is 3. The van der Waals surface area contributed by atoms with Gasteiger partial charge in [-0.25, -0.2) is 4.98 Å². The highest BCUT2D eigenvalue weighted by atomic mass is 32.1. The zero-order valence-corrected chi connectivity index (χ0v) is 21.3. The highest BCUT2D eigenvalue weighted by Gasteiger charge is 2.14. The lowest BCUT2D eigenvalue weighted by molar-refractivity contribution is -0.121. The van der Waals surface area contributed by atoms with E-state index in [0.717, 1.165) is 10.4 Å². The summed E-state index contributed by atoms with van der Waals surface area (Å²) in [6, 6.07) is 19.0. The third-order valence-electron chi connectivity index (χ3n) is 5.44. The predicted octanol–water partition coefficient (Wildman–Crippen LogP) is 6.95. The molecule has 0 amide bonds. The molecule has 180 valence electrons. The van der Waals surface area contributed by atoms with Crippen molar-refractivity contribution in [2.45, 2.75) is 0 Å². The number of pyridine rings is 3. The van der Waals surface area contributed by atoms with Crippen molar-refractivity contribution in [2.24, 2.45) is 0 Å². The molecule has 37 heavy (non-hydrogen) atoms. The summed E-state index contributed by atoms with van der Waals surface area (Å²) in [6.45, 7) is 0.700. The maximum Gasteiger partial charge on any atom is 0.298 e. The Bertz CT molecular complexity index is 1710. The summed E-state index contributed by atoms with van der Waals surface area (Å²) in [5, 5.41) is 2.09. The predicted molar refractivity (Wildman–Crippen MR) is 146 cm³/mol. The van der Waals surface area contributed by atoms with Crippen molar-refractivity contribution < 1.29 is 19.1 Å². The molecule has 0 aliphatic carbocycles. The van der Waals surface area contributed by atoms with Crippen molar-refractivity contribution in [3.05, 3.63) is 78.4 Å². The van der Waals surface area contributed by atoms with Crippen LogP contribution in [0.15, 0.2) is 78.4 Å². The molecule has 6 aromatic rings. The standard InChI is InChI=1S/C27H15N3O4S3/c31-14-33-17-4-6-29-20(9-17)22-11-18(34-15-32)10-21(30-22)19-8-16(3-5-28-19)24-12-26-27(36-24)13-25(37-26)23-2-1-7-35-23/h1-15H. The van der Waals surface area contributed by atoms with Gasteiger partial charge in [0.25, 0.3) is 12.9 Å². The molecule has 0 radical (unpaired) electrons. The lowest BCUT2D eigenvalue weighted by Crippen LogP contribution is -1.97. The Hall–Kier alpha value is -4.25. The number of carbonyl (C=O) groups is 2. The van der Waals surface area contributed by atoms with Crippen LogP contribution in [0.4, 0.5) is 0 Å². The van der Waals surface area contributed by atoms with Crippen molar-refractivity contribution in [1.82, 2.24) is 15.0 Å². The number of rotatable bonds is 8. The first-order valence-electron chi connectivity index (χ1n) is 10.9. The molecule has 6 rings (SSSR count). The molecule has 0 atom stereocenters. The molecule has 0 spiro atoms. The van der Waals surface area contributed by atoms with Crippen LogP contribution in [0.3, 0.4) is 0 Å². The van der Waals surface area contributed by atoms with Crippen molar-refractivity contribution in [3.8, 4) is 54.5 Å². The van der Waals surface area contributed by atoms with Gasteiger partial charge >= 0.3 is 0 Å². The number of hydrogen-bond donors (Lipinski definition) is 0. The Labute approximate surface area is 222 Å². The van der Waals surface area contributed by atoms with E-state index in [-0.39, 0.29) is 0 Å². The minimum atomic E-state index is 0.295. The third-order valence-corrected chi connectivity index (χ3v) is 8.85. The molecule has 0 N–H and O–H groups in total. The number of ether oxygens (including phenoxy) is 2. The van der Waals surface area contributed by atoms with Crippen LogP contribution in [-0.4, -0.2) is 27.9 Å². The van der Waals surface area contributed by atoms with Crippen molar-refractivity contribution >= 4 is 56.4 Å². The van der Waals surface area contributed by atoms with Crippen LogP contribution in [0.2, 0.25) is 0 Å². The normalized spacial score (nSPS) is 10.9. The fourth-order valence-corrected chi connectivity index (χ4v) is 7.03. The average molecular weight is 542 g/mol. The zero-order chi connectivity index (χ0) is 25.2. The number of thiophene rings is 3. The van der Waals surface area contributed by atoms with E-state index in [1.54, 1.807) is 64.5 Å². The third kappa shape index (κ3) is 4.77. The number of hydrogen-bond acceptors (Lipinski definition) is 10.